The van der Waals surface area contributed by atoms with Gasteiger partial charge in [0.25, 0.3) is 0 Å². The summed E-state index contributed by atoms with van der Waals surface area (Å²) in [6.07, 6.45) is 0.975. The summed E-state index contributed by atoms with van der Waals surface area (Å²) in [7, 11) is 0. The van der Waals surface area contributed by atoms with Crippen LogP contribution >= 0.6 is 22.9 Å². The lowest BCUT2D eigenvalue weighted by atomic mass is 10.2. The summed E-state index contributed by atoms with van der Waals surface area (Å²) in [6, 6.07) is 8.46. The van der Waals surface area contributed by atoms with Gasteiger partial charge in [0, 0.05) is 49.9 Å². The van der Waals surface area contributed by atoms with Gasteiger partial charge < -0.3 is 10.2 Å². The van der Waals surface area contributed by atoms with Gasteiger partial charge in [-0.05, 0) is 37.0 Å². The Labute approximate surface area is 167 Å². The Balaban J connectivity index is 1.32. The second-order valence-electron chi connectivity index (χ2n) is 6.79. The average molecular weight is 402 g/mol. The van der Waals surface area contributed by atoms with E-state index in [0.717, 1.165) is 50.7 Å². The van der Waals surface area contributed by atoms with Gasteiger partial charge in [0.2, 0.25) is 5.91 Å². The second kappa shape index (κ2) is 7.92. The van der Waals surface area contributed by atoms with Gasteiger partial charge >= 0.3 is 0 Å². The number of amides is 1. The summed E-state index contributed by atoms with van der Waals surface area (Å²) in [4.78, 5) is 21.8. The predicted molar refractivity (Wildman–Crippen MR) is 113 cm³/mol. The number of carbonyl (C=O) groups is 1. The van der Waals surface area contributed by atoms with Crippen LogP contribution in [0.25, 0.3) is 10.1 Å². The van der Waals surface area contributed by atoms with E-state index < -0.39 is 0 Å². The van der Waals surface area contributed by atoms with Crippen LogP contribution in [-0.2, 0) is 11.2 Å². The summed E-state index contributed by atoms with van der Waals surface area (Å²) in [6.45, 7) is 8.65. The summed E-state index contributed by atoms with van der Waals surface area (Å²) in [5.74, 6) is 1.06. The van der Waals surface area contributed by atoms with E-state index in [1.54, 1.807) is 22.9 Å². The summed E-state index contributed by atoms with van der Waals surface area (Å²) < 4.78 is 5.94. The zero-order chi connectivity index (χ0) is 18.8. The van der Waals surface area contributed by atoms with Crippen molar-refractivity contribution in [2.45, 2.75) is 20.3 Å². The number of benzene rings is 1. The molecule has 3 heterocycles. The number of hydrogen-bond donors (Lipinski definition) is 1. The van der Waals surface area contributed by atoms with E-state index >= 15 is 0 Å². The molecule has 27 heavy (non-hydrogen) atoms. The first-order chi connectivity index (χ1) is 13.1. The third kappa shape index (κ3) is 4.12. The highest BCUT2D eigenvalue weighted by Gasteiger charge is 2.21. The van der Waals surface area contributed by atoms with Gasteiger partial charge in [-0.25, -0.2) is 4.98 Å². The molecule has 1 fully saturated rings. The lowest BCUT2D eigenvalue weighted by Crippen LogP contribution is -2.47. The molecule has 0 unspecified atom stereocenters. The molecule has 0 spiro atoms. The molecule has 0 atom stereocenters. The highest BCUT2D eigenvalue weighted by atomic mass is 32.1. The number of anilines is 2. The molecule has 1 aliphatic rings. The standard InChI is InChI=1S/C19H23N5OS2/c1-13-16(26-19(20-13)21-14(2)25)7-8-23-9-11-24(12-10-23)18-15-5-3-4-6-17(15)27-22-18/h3-6H,7-12H2,1-2H3,(H,20,21,25). The maximum Gasteiger partial charge on any atom is 0.223 e. The van der Waals surface area contributed by atoms with Crippen molar-refractivity contribution in [3.8, 4) is 0 Å². The summed E-state index contributed by atoms with van der Waals surface area (Å²) in [5, 5.41) is 4.75. The van der Waals surface area contributed by atoms with Crippen molar-refractivity contribution in [1.29, 1.82) is 0 Å². The Hall–Kier alpha value is -2.03. The van der Waals surface area contributed by atoms with Gasteiger partial charge in [-0.3, -0.25) is 9.69 Å². The first-order valence-corrected chi connectivity index (χ1v) is 10.7. The Morgan fingerprint density at radius 2 is 2.00 bits per heavy atom. The third-order valence-corrected chi connectivity index (χ3v) is 6.81. The van der Waals surface area contributed by atoms with E-state index in [1.165, 1.54) is 21.9 Å². The van der Waals surface area contributed by atoms with E-state index in [9.17, 15) is 4.79 Å². The lowest BCUT2D eigenvalue weighted by Gasteiger charge is -2.35. The van der Waals surface area contributed by atoms with Gasteiger partial charge in [-0.15, -0.1) is 11.3 Å². The number of rotatable bonds is 5. The maximum atomic E-state index is 11.2. The van der Waals surface area contributed by atoms with Crippen LogP contribution in [0.2, 0.25) is 0 Å². The minimum Gasteiger partial charge on any atom is -0.353 e. The van der Waals surface area contributed by atoms with Gasteiger partial charge in [0.1, 0.15) is 5.82 Å². The highest BCUT2D eigenvalue weighted by Crippen LogP contribution is 2.30. The van der Waals surface area contributed by atoms with Gasteiger partial charge in [0.05, 0.1) is 10.4 Å². The molecule has 0 bridgehead atoms. The van der Waals surface area contributed by atoms with Crippen molar-refractivity contribution in [2.75, 3.05) is 42.9 Å². The molecule has 1 aromatic carbocycles. The lowest BCUT2D eigenvalue weighted by molar-refractivity contribution is -0.114. The van der Waals surface area contributed by atoms with Crippen LogP contribution in [-0.4, -0.2) is 52.9 Å². The monoisotopic (exact) mass is 401 g/mol. The quantitative estimate of drug-likeness (QED) is 0.710. The van der Waals surface area contributed by atoms with E-state index in [0.29, 0.717) is 5.13 Å². The zero-order valence-corrected chi connectivity index (χ0v) is 17.2. The fraction of sp³-hybridized carbons (Fsp3) is 0.421. The van der Waals surface area contributed by atoms with Crippen LogP contribution < -0.4 is 10.2 Å². The van der Waals surface area contributed by atoms with Crippen molar-refractivity contribution in [2.24, 2.45) is 0 Å². The molecule has 142 valence electrons. The summed E-state index contributed by atoms with van der Waals surface area (Å²) in [5.41, 5.74) is 1.02. The van der Waals surface area contributed by atoms with Crippen molar-refractivity contribution in [1.82, 2.24) is 14.3 Å². The molecule has 1 amide bonds. The molecule has 0 saturated carbocycles. The Bertz CT molecular complexity index is 943. The molecule has 1 saturated heterocycles. The van der Waals surface area contributed by atoms with Crippen molar-refractivity contribution in [3.63, 3.8) is 0 Å². The van der Waals surface area contributed by atoms with Crippen LogP contribution in [0.5, 0.6) is 0 Å². The van der Waals surface area contributed by atoms with E-state index in [2.05, 4.69) is 48.7 Å². The largest absolute Gasteiger partial charge is 0.353 e. The number of aryl methyl sites for hydroxylation is 1. The number of nitrogens with one attached hydrogen (secondary N) is 1. The van der Waals surface area contributed by atoms with Gasteiger partial charge in [0.15, 0.2) is 5.13 Å². The first-order valence-electron chi connectivity index (χ1n) is 9.16. The van der Waals surface area contributed by atoms with E-state index in [4.69, 9.17) is 0 Å². The second-order valence-corrected chi connectivity index (χ2v) is 8.68. The molecule has 0 aliphatic carbocycles. The Morgan fingerprint density at radius 3 is 2.78 bits per heavy atom. The number of hydrogen-bond acceptors (Lipinski definition) is 7. The number of fused-ring (bicyclic) bond motifs is 1. The van der Waals surface area contributed by atoms with E-state index in [1.807, 2.05) is 6.92 Å². The van der Waals surface area contributed by atoms with Crippen molar-refractivity contribution < 1.29 is 4.79 Å². The molecule has 6 nitrogen and oxygen atoms in total. The van der Waals surface area contributed by atoms with Crippen LogP contribution in [0.15, 0.2) is 24.3 Å². The van der Waals surface area contributed by atoms with Crippen LogP contribution in [0, 0.1) is 6.92 Å². The Morgan fingerprint density at radius 1 is 1.22 bits per heavy atom. The number of nitrogens with zero attached hydrogens (tertiary/aromatic N) is 4. The maximum absolute atomic E-state index is 11.2. The fourth-order valence-corrected chi connectivity index (χ4v) is 5.20. The first kappa shape index (κ1) is 18.3. The molecule has 4 rings (SSSR count). The number of piperazine rings is 1. The van der Waals surface area contributed by atoms with Crippen molar-refractivity contribution >= 4 is 49.8 Å². The molecule has 0 radical (unpaired) electrons. The SMILES string of the molecule is CC(=O)Nc1nc(C)c(CCN2CCN(c3nsc4ccccc34)CC2)s1. The topological polar surface area (TPSA) is 61.4 Å². The number of thiazole rings is 1. The molecule has 3 aromatic rings. The van der Waals surface area contributed by atoms with E-state index in [-0.39, 0.29) is 5.91 Å². The van der Waals surface area contributed by atoms with Crippen LogP contribution in [0.1, 0.15) is 17.5 Å². The average Bonchev–Trinajstić information content (AvgIpc) is 3.23. The zero-order valence-electron chi connectivity index (χ0n) is 15.6. The number of aromatic nitrogens is 2. The van der Waals surface area contributed by atoms with Crippen molar-refractivity contribution in [3.05, 3.63) is 34.8 Å². The summed E-state index contributed by atoms with van der Waals surface area (Å²) >= 11 is 3.17. The predicted octanol–water partition coefficient (Wildman–Crippen LogP) is 3.38. The molecule has 1 aliphatic heterocycles. The molecule has 8 heteroatoms. The van der Waals surface area contributed by atoms with Crippen LogP contribution in [0.4, 0.5) is 10.9 Å². The minimum absolute atomic E-state index is 0.0685. The molecular weight excluding hydrogens is 378 g/mol. The third-order valence-electron chi connectivity index (χ3n) is 4.86. The van der Waals surface area contributed by atoms with Gasteiger partial charge in [-0.1, -0.05) is 12.1 Å². The fourth-order valence-electron chi connectivity index (χ4n) is 3.41. The molecular formula is C19H23N5OS2. The Kier molecular flexibility index (Phi) is 5.38. The van der Waals surface area contributed by atoms with Gasteiger partial charge in [-0.2, -0.15) is 4.37 Å². The normalized spacial score (nSPS) is 15.4. The minimum atomic E-state index is -0.0685. The highest BCUT2D eigenvalue weighted by molar-refractivity contribution is 7.15. The van der Waals surface area contributed by atoms with Crippen LogP contribution in [0.3, 0.4) is 0 Å². The number of carbonyl (C=O) groups excluding carboxylic acids is 1. The smallest absolute Gasteiger partial charge is 0.223 e. The molecule has 2 aromatic heterocycles. The molecule has 1 N–H and O–H groups in total.